The van der Waals surface area contributed by atoms with Crippen LogP contribution in [0.2, 0.25) is 10.0 Å². The summed E-state index contributed by atoms with van der Waals surface area (Å²) in [7, 11) is 0. The molecule has 0 aliphatic carbocycles. The molecule has 0 bridgehead atoms. The average Bonchev–Trinajstić information content (AvgIpc) is 2.46. The molecule has 4 heteroatoms. The molecule has 0 aliphatic rings. The second kappa shape index (κ2) is 7.79. The van der Waals surface area contributed by atoms with E-state index in [0.717, 1.165) is 18.5 Å². The Morgan fingerprint density at radius 3 is 2.57 bits per heavy atom. The summed E-state index contributed by atoms with van der Waals surface area (Å²) in [6, 6.07) is 12.2. The zero-order chi connectivity index (χ0) is 15.2. The SMILES string of the molecule is CCCNC(Cc1ccc(Cl)cc1Cl)c1ccccc1F. The van der Waals surface area contributed by atoms with Crippen molar-refractivity contribution in [1.82, 2.24) is 5.32 Å². The molecule has 0 fully saturated rings. The molecule has 112 valence electrons. The van der Waals surface area contributed by atoms with E-state index in [4.69, 9.17) is 23.2 Å². The lowest BCUT2D eigenvalue weighted by Gasteiger charge is -2.20. The molecule has 1 atom stereocenters. The van der Waals surface area contributed by atoms with Gasteiger partial charge in [0.15, 0.2) is 0 Å². The Hall–Kier alpha value is -1.09. The Kier molecular flexibility index (Phi) is 6.04. The van der Waals surface area contributed by atoms with Crippen molar-refractivity contribution in [3.05, 3.63) is 69.5 Å². The first-order chi connectivity index (χ1) is 10.1. The van der Waals surface area contributed by atoms with E-state index in [1.807, 2.05) is 18.2 Å². The van der Waals surface area contributed by atoms with Crippen LogP contribution in [0.5, 0.6) is 0 Å². The Bertz CT molecular complexity index is 601. The van der Waals surface area contributed by atoms with Crippen LogP contribution in [0, 0.1) is 5.82 Å². The topological polar surface area (TPSA) is 12.0 Å². The summed E-state index contributed by atoms with van der Waals surface area (Å²) >= 11 is 12.1. The van der Waals surface area contributed by atoms with Gasteiger partial charge in [-0.1, -0.05) is 54.4 Å². The highest BCUT2D eigenvalue weighted by molar-refractivity contribution is 6.35. The van der Waals surface area contributed by atoms with Gasteiger partial charge in [0.25, 0.3) is 0 Å². The van der Waals surface area contributed by atoms with Crippen LogP contribution in [-0.4, -0.2) is 6.54 Å². The van der Waals surface area contributed by atoms with Crippen LogP contribution in [0.25, 0.3) is 0 Å². The van der Waals surface area contributed by atoms with Gasteiger partial charge in [-0.15, -0.1) is 0 Å². The van der Waals surface area contributed by atoms with Crippen LogP contribution >= 0.6 is 23.2 Å². The largest absolute Gasteiger partial charge is 0.310 e. The molecule has 0 aromatic heterocycles. The predicted octanol–water partition coefficient (Wildman–Crippen LogP) is 5.42. The van der Waals surface area contributed by atoms with Crippen LogP contribution in [0.1, 0.15) is 30.5 Å². The van der Waals surface area contributed by atoms with Crippen LogP contribution in [0.15, 0.2) is 42.5 Å². The van der Waals surface area contributed by atoms with Crippen LogP contribution in [0.4, 0.5) is 4.39 Å². The van der Waals surface area contributed by atoms with Crippen molar-refractivity contribution >= 4 is 23.2 Å². The molecule has 1 N–H and O–H groups in total. The highest BCUT2D eigenvalue weighted by Gasteiger charge is 2.16. The van der Waals surface area contributed by atoms with Crippen molar-refractivity contribution in [1.29, 1.82) is 0 Å². The highest BCUT2D eigenvalue weighted by atomic mass is 35.5. The summed E-state index contributed by atoms with van der Waals surface area (Å²) in [6.45, 7) is 2.91. The number of hydrogen-bond donors (Lipinski definition) is 1. The lowest BCUT2D eigenvalue weighted by molar-refractivity contribution is 0.497. The average molecular weight is 326 g/mol. The van der Waals surface area contributed by atoms with Gasteiger partial charge in [-0.05, 0) is 43.1 Å². The van der Waals surface area contributed by atoms with Crippen LogP contribution < -0.4 is 5.32 Å². The molecule has 0 spiro atoms. The maximum absolute atomic E-state index is 14.0. The summed E-state index contributed by atoms with van der Waals surface area (Å²) in [6.07, 6.45) is 1.61. The first-order valence-electron chi connectivity index (χ1n) is 7.03. The van der Waals surface area contributed by atoms with Gasteiger partial charge in [0.2, 0.25) is 0 Å². The monoisotopic (exact) mass is 325 g/mol. The van der Waals surface area contributed by atoms with Crippen LogP contribution in [-0.2, 0) is 6.42 Å². The van der Waals surface area contributed by atoms with Crippen molar-refractivity contribution in [2.75, 3.05) is 6.54 Å². The third-order valence-electron chi connectivity index (χ3n) is 3.36. The molecule has 2 aromatic rings. The fraction of sp³-hybridized carbons (Fsp3) is 0.294. The van der Waals surface area contributed by atoms with Crippen molar-refractivity contribution in [3.8, 4) is 0 Å². The maximum Gasteiger partial charge on any atom is 0.127 e. The zero-order valence-electron chi connectivity index (χ0n) is 11.9. The fourth-order valence-corrected chi connectivity index (χ4v) is 2.76. The molecule has 2 rings (SSSR count). The molecule has 0 radical (unpaired) electrons. The van der Waals surface area contributed by atoms with Gasteiger partial charge in [-0.3, -0.25) is 0 Å². The van der Waals surface area contributed by atoms with E-state index in [2.05, 4.69) is 12.2 Å². The van der Waals surface area contributed by atoms with Gasteiger partial charge in [-0.2, -0.15) is 0 Å². The van der Waals surface area contributed by atoms with Gasteiger partial charge < -0.3 is 5.32 Å². The molecule has 0 heterocycles. The first-order valence-corrected chi connectivity index (χ1v) is 7.79. The normalized spacial score (nSPS) is 12.4. The quantitative estimate of drug-likeness (QED) is 0.748. The minimum atomic E-state index is -0.198. The molecule has 21 heavy (non-hydrogen) atoms. The molecule has 0 saturated carbocycles. The summed E-state index contributed by atoms with van der Waals surface area (Å²) in [5.74, 6) is -0.198. The van der Waals surface area contributed by atoms with Crippen molar-refractivity contribution in [3.63, 3.8) is 0 Å². The molecule has 0 aliphatic heterocycles. The Morgan fingerprint density at radius 1 is 1.14 bits per heavy atom. The summed E-state index contributed by atoms with van der Waals surface area (Å²) in [4.78, 5) is 0. The van der Waals surface area contributed by atoms with Crippen molar-refractivity contribution < 1.29 is 4.39 Å². The molecule has 0 amide bonds. The maximum atomic E-state index is 14.0. The predicted molar refractivity (Wildman–Crippen MR) is 87.6 cm³/mol. The van der Waals surface area contributed by atoms with E-state index in [-0.39, 0.29) is 11.9 Å². The molecular formula is C17H18Cl2FN. The Morgan fingerprint density at radius 2 is 1.90 bits per heavy atom. The van der Waals surface area contributed by atoms with Gasteiger partial charge in [0.05, 0.1) is 0 Å². The number of hydrogen-bond acceptors (Lipinski definition) is 1. The Balaban J connectivity index is 2.26. The summed E-state index contributed by atoms with van der Waals surface area (Å²) < 4.78 is 14.0. The first kappa shape index (κ1) is 16.3. The minimum absolute atomic E-state index is 0.107. The van der Waals surface area contributed by atoms with E-state index in [9.17, 15) is 4.39 Å². The van der Waals surface area contributed by atoms with E-state index in [0.29, 0.717) is 22.0 Å². The van der Waals surface area contributed by atoms with Gasteiger partial charge in [0, 0.05) is 21.7 Å². The number of nitrogens with one attached hydrogen (secondary N) is 1. The highest BCUT2D eigenvalue weighted by Crippen LogP contribution is 2.27. The third kappa shape index (κ3) is 4.44. The van der Waals surface area contributed by atoms with E-state index in [1.165, 1.54) is 6.07 Å². The number of rotatable bonds is 6. The van der Waals surface area contributed by atoms with E-state index in [1.54, 1.807) is 18.2 Å². The smallest absolute Gasteiger partial charge is 0.127 e. The molecule has 2 aromatic carbocycles. The Labute approximate surface area is 135 Å². The van der Waals surface area contributed by atoms with Crippen molar-refractivity contribution in [2.45, 2.75) is 25.8 Å². The van der Waals surface area contributed by atoms with Gasteiger partial charge in [-0.25, -0.2) is 4.39 Å². The van der Waals surface area contributed by atoms with E-state index >= 15 is 0 Å². The lowest BCUT2D eigenvalue weighted by atomic mass is 9.98. The van der Waals surface area contributed by atoms with E-state index < -0.39 is 0 Å². The molecule has 1 nitrogen and oxygen atoms in total. The lowest BCUT2D eigenvalue weighted by Crippen LogP contribution is -2.25. The second-order valence-electron chi connectivity index (χ2n) is 4.97. The molecule has 1 unspecified atom stereocenters. The van der Waals surface area contributed by atoms with Crippen molar-refractivity contribution in [2.24, 2.45) is 0 Å². The number of benzene rings is 2. The summed E-state index contributed by atoms with van der Waals surface area (Å²) in [5.41, 5.74) is 1.62. The van der Waals surface area contributed by atoms with Gasteiger partial charge >= 0.3 is 0 Å². The standard InChI is InChI=1S/C17H18Cl2FN/c1-2-9-21-17(14-5-3-4-6-16(14)20)10-12-7-8-13(18)11-15(12)19/h3-8,11,17,21H,2,9-10H2,1H3. The summed E-state index contributed by atoms with van der Waals surface area (Å²) in [5, 5.41) is 4.60. The molecular weight excluding hydrogens is 308 g/mol. The van der Waals surface area contributed by atoms with Gasteiger partial charge in [0.1, 0.15) is 5.82 Å². The second-order valence-corrected chi connectivity index (χ2v) is 5.81. The third-order valence-corrected chi connectivity index (χ3v) is 3.95. The molecule has 0 saturated heterocycles. The number of halogens is 3. The fourth-order valence-electron chi connectivity index (χ4n) is 2.28. The zero-order valence-corrected chi connectivity index (χ0v) is 13.4. The minimum Gasteiger partial charge on any atom is -0.310 e. The van der Waals surface area contributed by atoms with Crippen LogP contribution in [0.3, 0.4) is 0 Å².